The van der Waals surface area contributed by atoms with Gasteiger partial charge in [-0.05, 0) is 67.7 Å². The number of esters is 1. The number of amides is 1. The molecule has 24 heavy (non-hydrogen) atoms. The van der Waals surface area contributed by atoms with Crippen LogP contribution in [0, 0.1) is 6.92 Å². The van der Waals surface area contributed by atoms with Crippen LogP contribution in [0.4, 0.5) is 5.69 Å². The summed E-state index contributed by atoms with van der Waals surface area (Å²) in [6.07, 6.45) is 6.05. The molecule has 0 radical (unpaired) electrons. The summed E-state index contributed by atoms with van der Waals surface area (Å²) in [6, 6.07) is 9.46. The first kappa shape index (κ1) is 16.1. The number of furan rings is 1. The van der Waals surface area contributed by atoms with Gasteiger partial charge >= 0.3 is 5.97 Å². The number of fused-ring (bicyclic) bond motifs is 1. The van der Waals surface area contributed by atoms with Crippen LogP contribution in [0.2, 0.25) is 0 Å². The Bertz CT molecular complexity index is 788. The minimum atomic E-state index is -0.590. The van der Waals surface area contributed by atoms with Gasteiger partial charge in [0.1, 0.15) is 11.5 Å². The fraction of sp³-hybridized carbons (Fsp3) is 0.263. The average Bonchev–Trinajstić information content (AvgIpc) is 3.19. The molecule has 1 amide bonds. The number of nitrogens with one attached hydrogen (secondary N) is 1. The van der Waals surface area contributed by atoms with Crippen molar-refractivity contribution in [2.45, 2.75) is 26.2 Å². The normalized spacial score (nSPS) is 13.0. The molecule has 1 aliphatic carbocycles. The Morgan fingerprint density at radius 3 is 2.83 bits per heavy atom. The lowest BCUT2D eigenvalue weighted by Gasteiger charge is -2.07. The maximum atomic E-state index is 11.9. The molecule has 0 spiro atoms. The van der Waals surface area contributed by atoms with Crippen molar-refractivity contribution in [3.8, 4) is 0 Å². The fourth-order valence-corrected chi connectivity index (χ4v) is 2.72. The van der Waals surface area contributed by atoms with Crippen LogP contribution in [0.5, 0.6) is 0 Å². The Hall–Kier alpha value is -2.82. The van der Waals surface area contributed by atoms with Crippen molar-refractivity contribution < 1.29 is 18.7 Å². The van der Waals surface area contributed by atoms with Crippen molar-refractivity contribution in [2.24, 2.45) is 0 Å². The van der Waals surface area contributed by atoms with E-state index in [2.05, 4.69) is 5.32 Å². The zero-order chi connectivity index (χ0) is 16.9. The molecule has 0 bridgehead atoms. The van der Waals surface area contributed by atoms with Gasteiger partial charge in [0.2, 0.25) is 0 Å². The van der Waals surface area contributed by atoms with Crippen LogP contribution in [0.1, 0.15) is 29.1 Å². The average molecular weight is 325 g/mol. The standard InChI is InChI=1S/C19H19NO4/c1-13-5-8-17(24-13)9-10-19(22)23-12-18(21)20-16-7-6-14-3-2-4-15(14)11-16/h5-11H,2-4,12H2,1H3,(H,20,21)/b10-9+. The smallest absolute Gasteiger partial charge is 0.331 e. The Morgan fingerprint density at radius 1 is 1.21 bits per heavy atom. The monoisotopic (exact) mass is 325 g/mol. The van der Waals surface area contributed by atoms with Crippen LogP contribution in [-0.2, 0) is 27.2 Å². The van der Waals surface area contributed by atoms with Crippen LogP contribution >= 0.6 is 0 Å². The van der Waals surface area contributed by atoms with Gasteiger partial charge in [0.15, 0.2) is 6.61 Å². The second-order valence-electron chi connectivity index (χ2n) is 5.77. The lowest BCUT2D eigenvalue weighted by molar-refractivity contribution is -0.142. The van der Waals surface area contributed by atoms with E-state index in [9.17, 15) is 9.59 Å². The molecule has 0 unspecified atom stereocenters. The Kier molecular flexibility index (Phi) is 4.79. The lowest BCUT2D eigenvalue weighted by Crippen LogP contribution is -2.20. The highest BCUT2D eigenvalue weighted by Crippen LogP contribution is 2.24. The first-order valence-corrected chi connectivity index (χ1v) is 7.93. The quantitative estimate of drug-likeness (QED) is 0.677. The number of hydrogen-bond donors (Lipinski definition) is 1. The molecule has 0 atom stereocenters. The molecule has 5 heteroatoms. The molecule has 1 aliphatic rings. The summed E-state index contributed by atoms with van der Waals surface area (Å²) in [6.45, 7) is 1.50. The Morgan fingerprint density at radius 2 is 2.04 bits per heavy atom. The van der Waals surface area contributed by atoms with Gasteiger partial charge in [-0.2, -0.15) is 0 Å². The number of aryl methyl sites for hydroxylation is 3. The van der Waals surface area contributed by atoms with Gasteiger partial charge < -0.3 is 14.5 Å². The molecule has 0 saturated carbocycles. The Balaban J connectivity index is 1.46. The van der Waals surface area contributed by atoms with Gasteiger partial charge in [-0.25, -0.2) is 4.79 Å². The highest BCUT2D eigenvalue weighted by Gasteiger charge is 2.12. The molecule has 0 fully saturated rings. The highest BCUT2D eigenvalue weighted by atomic mass is 16.5. The first-order chi connectivity index (χ1) is 11.6. The number of hydrogen-bond acceptors (Lipinski definition) is 4. The first-order valence-electron chi connectivity index (χ1n) is 7.93. The van der Waals surface area contributed by atoms with Crippen LogP contribution in [0.15, 0.2) is 40.8 Å². The van der Waals surface area contributed by atoms with E-state index in [1.807, 2.05) is 25.1 Å². The van der Waals surface area contributed by atoms with E-state index in [4.69, 9.17) is 9.15 Å². The molecule has 0 saturated heterocycles. The van der Waals surface area contributed by atoms with Crippen LogP contribution in [0.25, 0.3) is 6.08 Å². The predicted octanol–water partition coefficient (Wildman–Crippen LogP) is 3.27. The lowest BCUT2D eigenvalue weighted by atomic mass is 10.1. The van der Waals surface area contributed by atoms with Crippen LogP contribution in [0.3, 0.4) is 0 Å². The third-order valence-electron chi connectivity index (χ3n) is 3.87. The third-order valence-corrected chi connectivity index (χ3v) is 3.87. The summed E-state index contributed by atoms with van der Waals surface area (Å²) in [7, 11) is 0. The molecule has 1 aromatic carbocycles. The zero-order valence-electron chi connectivity index (χ0n) is 13.5. The van der Waals surface area contributed by atoms with Gasteiger partial charge in [-0.1, -0.05) is 6.07 Å². The molecule has 5 nitrogen and oxygen atoms in total. The summed E-state index contributed by atoms with van der Waals surface area (Å²) in [5.41, 5.74) is 3.36. The summed E-state index contributed by atoms with van der Waals surface area (Å²) < 4.78 is 10.2. The van der Waals surface area contributed by atoms with Gasteiger partial charge in [0.25, 0.3) is 5.91 Å². The summed E-state index contributed by atoms with van der Waals surface area (Å²) in [4.78, 5) is 23.5. The third kappa shape index (κ3) is 4.13. The number of ether oxygens (including phenoxy) is 1. The number of anilines is 1. The van der Waals surface area contributed by atoms with E-state index < -0.39 is 5.97 Å². The second kappa shape index (κ2) is 7.17. The summed E-state index contributed by atoms with van der Waals surface area (Å²) >= 11 is 0. The van der Waals surface area contributed by atoms with Crippen molar-refractivity contribution >= 4 is 23.6 Å². The van der Waals surface area contributed by atoms with Gasteiger partial charge in [-0.15, -0.1) is 0 Å². The van der Waals surface area contributed by atoms with E-state index in [-0.39, 0.29) is 12.5 Å². The van der Waals surface area contributed by atoms with Crippen molar-refractivity contribution in [2.75, 3.05) is 11.9 Å². The van der Waals surface area contributed by atoms with Crippen LogP contribution < -0.4 is 5.32 Å². The number of carbonyl (C=O) groups is 2. The van der Waals surface area contributed by atoms with E-state index >= 15 is 0 Å². The minimum absolute atomic E-state index is 0.322. The SMILES string of the molecule is Cc1ccc(/C=C/C(=O)OCC(=O)Nc2ccc3c(c2)CCC3)o1. The molecular weight excluding hydrogens is 306 g/mol. The molecule has 1 N–H and O–H groups in total. The van der Waals surface area contributed by atoms with E-state index in [1.165, 1.54) is 23.3 Å². The fourth-order valence-electron chi connectivity index (χ4n) is 2.72. The summed E-state index contributed by atoms with van der Waals surface area (Å²) in [5, 5.41) is 2.75. The Labute approximate surface area is 140 Å². The molecule has 1 heterocycles. The van der Waals surface area contributed by atoms with E-state index in [1.54, 1.807) is 12.1 Å². The molecule has 0 aliphatic heterocycles. The van der Waals surface area contributed by atoms with Gasteiger partial charge in [0, 0.05) is 11.8 Å². The molecule has 2 aromatic rings. The zero-order valence-corrected chi connectivity index (χ0v) is 13.5. The maximum absolute atomic E-state index is 11.9. The van der Waals surface area contributed by atoms with Gasteiger partial charge in [-0.3, -0.25) is 4.79 Å². The van der Waals surface area contributed by atoms with E-state index in [0.29, 0.717) is 5.76 Å². The second-order valence-corrected chi connectivity index (χ2v) is 5.77. The topological polar surface area (TPSA) is 68.5 Å². The number of benzene rings is 1. The molecule has 1 aromatic heterocycles. The van der Waals surface area contributed by atoms with E-state index in [0.717, 1.165) is 30.7 Å². The van der Waals surface area contributed by atoms with Crippen molar-refractivity contribution in [3.63, 3.8) is 0 Å². The molecule has 124 valence electrons. The largest absolute Gasteiger partial charge is 0.462 e. The van der Waals surface area contributed by atoms with Crippen molar-refractivity contribution in [1.29, 1.82) is 0 Å². The highest BCUT2D eigenvalue weighted by molar-refractivity contribution is 5.94. The molecule has 3 rings (SSSR count). The van der Waals surface area contributed by atoms with Crippen molar-refractivity contribution in [3.05, 3.63) is 59.1 Å². The number of carbonyl (C=O) groups excluding carboxylic acids is 2. The minimum Gasteiger partial charge on any atom is -0.462 e. The van der Waals surface area contributed by atoms with Gasteiger partial charge in [0.05, 0.1) is 0 Å². The number of rotatable bonds is 5. The molecular formula is C19H19NO4. The maximum Gasteiger partial charge on any atom is 0.331 e. The summed E-state index contributed by atoms with van der Waals surface area (Å²) in [5.74, 6) is 0.375. The van der Waals surface area contributed by atoms with Crippen molar-refractivity contribution in [1.82, 2.24) is 0 Å². The predicted molar refractivity (Wildman–Crippen MR) is 90.5 cm³/mol. The van der Waals surface area contributed by atoms with Crippen LogP contribution in [-0.4, -0.2) is 18.5 Å².